The number of phenols is 1. The largest absolute Gasteiger partial charge is 0.507 e. The highest BCUT2D eigenvalue weighted by molar-refractivity contribution is 5.97. The molecular formula is C39H50O8. The minimum atomic E-state index is -0.836. The molecule has 47 heavy (non-hydrogen) atoms. The lowest BCUT2D eigenvalue weighted by Gasteiger charge is -2.16. The van der Waals surface area contributed by atoms with Crippen molar-refractivity contribution in [3.8, 4) is 17.2 Å². The number of aryl methyl sites for hydroxylation is 2. The predicted molar refractivity (Wildman–Crippen MR) is 183 cm³/mol. The molecule has 0 saturated carbocycles. The molecule has 3 aromatic rings. The summed E-state index contributed by atoms with van der Waals surface area (Å²) in [5, 5.41) is 20.2. The van der Waals surface area contributed by atoms with Crippen molar-refractivity contribution in [1.29, 1.82) is 0 Å². The lowest BCUT2D eigenvalue weighted by Crippen LogP contribution is -2.06. The van der Waals surface area contributed by atoms with Gasteiger partial charge in [-0.3, -0.25) is 14.4 Å². The maximum absolute atomic E-state index is 12.1. The molecule has 0 aromatic heterocycles. The van der Waals surface area contributed by atoms with E-state index >= 15 is 0 Å². The Balaban J connectivity index is 1.47. The van der Waals surface area contributed by atoms with E-state index in [2.05, 4.69) is 22.9 Å². The van der Waals surface area contributed by atoms with Crippen LogP contribution in [0.15, 0.2) is 60.7 Å². The van der Waals surface area contributed by atoms with Gasteiger partial charge in [-0.2, -0.15) is 0 Å². The van der Waals surface area contributed by atoms with Crippen LogP contribution in [0.4, 0.5) is 0 Å². The van der Waals surface area contributed by atoms with Crippen LogP contribution in [0, 0.1) is 0 Å². The fourth-order valence-electron chi connectivity index (χ4n) is 5.67. The van der Waals surface area contributed by atoms with Gasteiger partial charge >= 0.3 is 11.9 Å². The van der Waals surface area contributed by atoms with Gasteiger partial charge in [0, 0.05) is 18.4 Å². The molecule has 3 aromatic carbocycles. The maximum Gasteiger partial charge on any atom is 0.305 e. The Morgan fingerprint density at radius 3 is 2.00 bits per heavy atom. The Morgan fingerprint density at radius 1 is 0.638 bits per heavy atom. The summed E-state index contributed by atoms with van der Waals surface area (Å²) in [4.78, 5) is 34.7. The van der Waals surface area contributed by atoms with E-state index in [0.29, 0.717) is 49.4 Å². The first-order chi connectivity index (χ1) is 22.8. The van der Waals surface area contributed by atoms with E-state index in [1.165, 1.54) is 19.6 Å². The standard InChI is InChI=1S/C39H50O8/c1-29(40)32-23-25-36(34(39(32)44)20-13-17-30-15-7-5-8-16-30)47-27-11-4-3-9-18-31-19-14-21-35(33(31)24-26-37(41)42)46-28-12-6-10-22-38(43)45-2/h5,7-8,14-16,19,21,23,25,44H,3-4,6,9-13,17-18,20,22,24,26-28H2,1-2H3,(H,41,42). The monoisotopic (exact) mass is 646 g/mol. The zero-order chi connectivity index (χ0) is 33.9. The number of benzene rings is 3. The van der Waals surface area contributed by atoms with Gasteiger partial charge in [0.25, 0.3) is 0 Å². The van der Waals surface area contributed by atoms with E-state index in [-0.39, 0.29) is 23.9 Å². The molecule has 3 rings (SSSR count). The molecule has 0 heterocycles. The van der Waals surface area contributed by atoms with Crippen molar-refractivity contribution in [2.24, 2.45) is 0 Å². The van der Waals surface area contributed by atoms with E-state index in [1.54, 1.807) is 12.1 Å². The minimum absolute atomic E-state index is 0.0199. The van der Waals surface area contributed by atoms with Crippen molar-refractivity contribution in [2.75, 3.05) is 20.3 Å². The lowest BCUT2D eigenvalue weighted by atomic mass is 9.96. The minimum Gasteiger partial charge on any atom is -0.507 e. The Kier molecular flexibility index (Phi) is 16.4. The van der Waals surface area contributed by atoms with Crippen molar-refractivity contribution < 1.29 is 38.8 Å². The number of phenolic OH excluding ortho intramolecular Hbond substituents is 1. The average molecular weight is 647 g/mol. The van der Waals surface area contributed by atoms with Crippen LogP contribution in [0.3, 0.4) is 0 Å². The van der Waals surface area contributed by atoms with Crippen LogP contribution < -0.4 is 9.47 Å². The number of rotatable bonds is 23. The number of aromatic hydroxyl groups is 1. The fraction of sp³-hybridized carbons (Fsp3) is 0.462. The predicted octanol–water partition coefficient (Wildman–Crippen LogP) is 8.08. The number of methoxy groups -OCH3 is 1. The quantitative estimate of drug-likeness (QED) is 0.0603. The zero-order valence-corrected chi connectivity index (χ0v) is 27.9. The molecule has 0 bridgehead atoms. The second-order valence-electron chi connectivity index (χ2n) is 11.9. The molecule has 0 aliphatic carbocycles. The first-order valence-electron chi connectivity index (χ1n) is 16.8. The molecule has 2 N–H and O–H groups in total. The number of esters is 1. The second kappa shape index (κ2) is 20.7. The molecule has 0 fully saturated rings. The smallest absolute Gasteiger partial charge is 0.305 e. The van der Waals surface area contributed by atoms with Crippen LogP contribution in [-0.2, 0) is 40.0 Å². The summed E-state index contributed by atoms with van der Waals surface area (Å²) in [6.45, 7) is 2.48. The van der Waals surface area contributed by atoms with Gasteiger partial charge in [0.05, 0.1) is 25.9 Å². The van der Waals surface area contributed by atoms with E-state index in [1.807, 2.05) is 30.3 Å². The Morgan fingerprint density at radius 2 is 1.32 bits per heavy atom. The van der Waals surface area contributed by atoms with Gasteiger partial charge in [0.1, 0.15) is 17.2 Å². The molecule has 0 aliphatic heterocycles. The lowest BCUT2D eigenvalue weighted by molar-refractivity contribution is -0.141. The third kappa shape index (κ3) is 13.1. The fourth-order valence-corrected chi connectivity index (χ4v) is 5.67. The summed E-state index contributed by atoms with van der Waals surface area (Å²) >= 11 is 0. The van der Waals surface area contributed by atoms with Crippen LogP contribution in [0.2, 0.25) is 0 Å². The molecule has 0 spiro atoms. The first-order valence-corrected chi connectivity index (χ1v) is 16.8. The molecule has 8 nitrogen and oxygen atoms in total. The molecule has 0 aliphatic rings. The Bertz CT molecular complexity index is 1420. The summed E-state index contributed by atoms with van der Waals surface area (Å²) in [7, 11) is 1.39. The summed E-state index contributed by atoms with van der Waals surface area (Å²) < 4.78 is 16.9. The van der Waals surface area contributed by atoms with Gasteiger partial charge < -0.3 is 24.4 Å². The average Bonchev–Trinajstić information content (AvgIpc) is 3.06. The van der Waals surface area contributed by atoms with Gasteiger partial charge in [-0.05, 0) is 106 Å². The number of unbranched alkanes of at least 4 members (excludes halogenated alkanes) is 5. The second-order valence-corrected chi connectivity index (χ2v) is 11.9. The first kappa shape index (κ1) is 37.1. The van der Waals surface area contributed by atoms with E-state index in [9.17, 15) is 24.6 Å². The van der Waals surface area contributed by atoms with Crippen molar-refractivity contribution in [1.82, 2.24) is 0 Å². The third-order valence-electron chi connectivity index (χ3n) is 8.28. The van der Waals surface area contributed by atoms with Gasteiger partial charge in [-0.15, -0.1) is 0 Å². The molecule has 8 heteroatoms. The van der Waals surface area contributed by atoms with E-state index in [4.69, 9.17) is 9.47 Å². The zero-order valence-electron chi connectivity index (χ0n) is 27.9. The number of carboxylic acids is 1. The number of ether oxygens (including phenoxy) is 3. The molecule has 0 saturated heterocycles. The number of carbonyl (C=O) groups is 3. The molecule has 0 amide bonds. The van der Waals surface area contributed by atoms with Crippen LogP contribution in [-0.4, -0.2) is 48.3 Å². The highest BCUT2D eigenvalue weighted by Gasteiger charge is 2.17. The van der Waals surface area contributed by atoms with Crippen LogP contribution >= 0.6 is 0 Å². The summed E-state index contributed by atoms with van der Waals surface area (Å²) in [6.07, 6.45) is 10.2. The van der Waals surface area contributed by atoms with Gasteiger partial charge in [0.2, 0.25) is 0 Å². The molecule has 0 unspecified atom stereocenters. The number of carbonyl (C=O) groups excluding carboxylic acids is 2. The topological polar surface area (TPSA) is 119 Å². The Hall–Kier alpha value is -4.33. The normalized spacial score (nSPS) is 10.9. The van der Waals surface area contributed by atoms with Crippen LogP contribution in [0.25, 0.3) is 0 Å². The third-order valence-corrected chi connectivity index (χ3v) is 8.28. The number of carboxylic acid groups (broad SMARTS) is 1. The SMILES string of the molecule is COC(=O)CCCCCOc1cccc(CCCCCCOc2ccc(C(C)=O)c(O)c2CCCc2ccccc2)c1CCC(=O)O. The van der Waals surface area contributed by atoms with E-state index < -0.39 is 5.97 Å². The number of hydrogen-bond donors (Lipinski definition) is 2. The van der Waals surface area contributed by atoms with Crippen molar-refractivity contribution >= 4 is 17.7 Å². The van der Waals surface area contributed by atoms with Crippen molar-refractivity contribution in [3.05, 3.63) is 88.5 Å². The number of aliphatic carboxylic acids is 1. The van der Waals surface area contributed by atoms with E-state index in [0.717, 1.165) is 81.1 Å². The maximum atomic E-state index is 12.1. The van der Waals surface area contributed by atoms with Crippen molar-refractivity contribution in [2.45, 2.75) is 96.8 Å². The van der Waals surface area contributed by atoms with Gasteiger partial charge in [-0.1, -0.05) is 55.3 Å². The summed E-state index contributed by atoms with van der Waals surface area (Å²) in [5.74, 6) is 0.174. The van der Waals surface area contributed by atoms with Gasteiger partial charge in [0.15, 0.2) is 5.78 Å². The van der Waals surface area contributed by atoms with Gasteiger partial charge in [-0.25, -0.2) is 0 Å². The molecular weight excluding hydrogens is 596 g/mol. The highest BCUT2D eigenvalue weighted by atomic mass is 16.5. The molecule has 0 atom stereocenters. The number of hydrogen-bond acceptors (Lipinski definition) is 7. The number of ketones is 1. The summed E-state index contributed by atoms with van der Waals surface area (Å²) in [6, 6.07) is 19.6. The Labute approximate surface area is 279 Å². The van der Waals surface area contributed by atoms with Crippen LogP contribution in [0.1, 0.15) is 104 Å². The van der Waals surface area contributed by atoms with Crippen LogP contribution in [0.5, 0.6) is 17.2 Å². The molecule has 0 radical (unpaired) electrons. The molecule has 254 valence electrons. The van der Waals surface area contributed by atoms with Crippen molar-refractivity contribution in [3.63, 3.8) is 0 Å². The summed E-state index contributed by atoms with van der Waals surface area (Å²) in [5.41, 5.74) is 4.31. The number of Topliss-reactive ketones (excluding diaryl/α,β-unsaturated/α-hetero) is 1. The highest BCUT2D eigenvalue weighted by Crippen LogP contribution is 2.33.